The first kappa shape index (κ1) is 20.6. The average molecular weight is 368 g/mol. The number of cyclic esters (lactones) is 3. The number of esters is 3. The predicted octanol–water partition coefficient (Wildman–Crippen LogP) is 2.05. The molecular formula is C19H28O7. The molecule has 0 amide bonds. The second-order valence-corrected chi connectivity index (χ2v) is 6.96. The normalized spacial score (nSPS) is 37.8. The molecule has 0 bridgehead atoms. The largest absolute Gasteiger partial charge is 0.465 e. The predicted molar refractivity (Wildman–Crippen MR) is 90.9 cm³/mol. The molecule has 0 aromatic carbocycles. The van der Waals surface area contributed by atoms with Crippen molar-refractivity contribution in [1.29, 1.82) is 0 Å². The summed E-state index contributed by atoms with van der Waals surface area (Å²) in [6, 6.07) is 0. The molecule has 2 heterocycles. The fraction of sp³-hybridized carbons (Fsp3) is 0.789. The Kier molecular flexibility index (Phi) is 7.32. The van der Waals surface area contributed by atoms with Crippen molar-refractivity contribution in [1.82, 2.24) is 0 Å². The van der Waals surface area contributed by atoms with Crippen LogP contribution in [-0.4, -0.2) is 43.5 Å². The molecule has 6 atom stereocenters. The monoisotopic (exact) mass is 368 g/mol. The summed E-state index contributed by atoms with van der Waals surface area (Å²) in [5, 5.41) is 0. The zero-order valence-electron chi connectivity index (χ0n) is 15.5. The third kappa shape index (κ3) is 4.14. The first-order valence-corrected chi connectivity index (χ1v) is 9.48. The van der Waals surface area contributed by atoms with Gasteiger partial charge in [-0.05, 0) is 38.5 Å². The van der Waals surface area contributed by atoms with Crippen molar-refractivity contribution >= 4 is 24.7 Å². The molecule has 2 aliphatic heterocycles. The van der Waals surface area contributed by atoms with Gasteiger partial charge in [-0.25, -0.2) is 0 Å². The number of hydrogen-bond donors (Lipinski definition) is 0. The van der Waals surface area contributed by atoms with Crippen LogP contribution >= 0.6 is 0 Å². The second-order valence-electron chi connectivity index (χ2n) is 6.96. The van der Waals surface area contributed by atoms with Crippen molar-refractivity contribution in [2.75, 3.05) is 6.61 Å². The summed E-state index contributed by atoms with van der Waals surface area (Å²) >= 11 is 0. The van der Waals surface area contributed by atoms with E-state index in [9.17, 15) is 14.4 Å². The van der Waals surface area contributed by atoms with Gasteiger partial charge in [0.1, 0.15) is 6.79 Å². The van der Waals surface area contributed by atoms with E-state index in [0.29, 0.717) is 19.4 Å². The summed E-state index contributed by atoms with van der Waals surface area (Å²) in [4.78, 5) is 42.8. The van der Waals surface area contributed by atoms with E-state index < -0.39 is 0 Å². The fourth-order valence-corrected chi connectivity index (χ4v) is 4.46. The smallest absolute Gasteiger partial charge is 0.317 e. The van der Waals surface area contributed by atoms with Gasteiger partial charge in [-0.2, -0.15) is 0 Å². The molecular weight excluding hydrogens is 340 g/mol. The van der Waals surface area contributed by atoms with Gasteiger partial charge < -0.3 is 19.0 Å². The van der Waals surface area contributed by atoms with Gasteiger partial charge in [0.05, 0.1) is 36.6 Å². The third-order valence-corrected chi connectivity index (χ3v) is 5.67. The Morgan fingerprint density at radius 3 is 2.08 bits per heavy atom. The molecule has 0 N–H and O–H groups in total. The zero-order chi connectivity index (χ0) is 19.3. The Labute approximate surface area is 153 Å². The molecule has 0 radical (unpaired) electrons. The number of carbonyl (C=O) groups excluding carboxylic acids is 4. The van der Waals surface area contributed by atoms with E-state index in [1.807, 2.05) is 20.6 Å². The standard InChI is InChI=1S/C16H20O6.C2H6.CH2O/c17-14-11-3-1-9(5-8(11)7-20-14)21-10-2-4-12-13(6-10)16(19)22-15(12)18;2*1-2/h8-13H,1-7H2;1-2H3;1H2. The quantitative estimate of drug-likeness (QED) is 0.544. The van der Waals surface area contributed by atoms with E-state index >= 15 is 0 Å². The highest BCUT2D eigenvalue weighted by Gasteiger charge is 2.49. The highest BCUT2D eigenvalue weighted by Crippen LogP contribution is 2.41. The SMILES string of the molecule is C=O.CC.O=C1OCC2CC(OC3CCC4C(=O)OC(=O)C4C3)CCC12. The van der Waals surface area contributed by atoms with Crippen LogP contribution in [0.4, 0.5) is 0 Å². The summed E-state index contributed by atoms with van der Waals surface area (Å²) in [6.45, 7) is 6.51. The summed E-state index contributed by atoms with van der Waals surface area (Å²) in [5.74, 6) is -1.06. The highest BCUT2D eigenvalue weighted by molar-refractivity contribution is 5.96. The van der Waals surface area contributed by atoms with Crippen LogP contribution < -0.4 is 0 Å². The summed E-state index contributed by atoms with van der Waals surface area (Å²) in [7, 11) is 0. The van der Waals surface area contributed by atoms with Gasteiger partial charge in [-0.3, -0.25) is 14.4 Å². The van der Waals surface area contributed by atoms with Crippen LogP contribution in [0.1, 0.15) is 52.4 Å². The molecule has 26 heavy (non-hydrogen) atoms. The van der Waals surface area contributed by atoms with Gasteiger partial charge in [0.2, 0.25) is 0 Å². The number of hydrogen-bond acceptors (Lipinski definition) is 7. The minimum atomic E-state index is -0.387. The third-order valence-electron chi connectivity index (χ3n) is 5.67. The Morgan fingerprint density at radius 2 is 1.38 bits per heavy atom. The molecule has 7 nitrogen and oxygen atoms in total. The van der Waals surface area contributed by atoms with Crippen molar-refractivity contribution < 1.29 is 33.4 Å². The maximum absolute atomic E-state index is 11.7. The Morgan fingerprint density at radius 1 is 0.808 bits per heavy atom. The van der Waals surface area contributed by atoms with Crippen molar-refractivity contribution in [3.63, 3.8) is 0 Å². The van der Waals surface area contributed by atoms with Gasteiger partial charge in [-0.15, -0.1) is 0 Å². The number of fused-ring (bicyclic) bond motifs is 2. The van der Waals surface area contributed by atoms with Crippen molar-refractivity contribution in [2.24, 2.45) is 23.7 Å². The van der Waals surface area contributed by atoms with Crippen LogP contribution in [0.5, 0.6) is 0 Å². The lowest BCUT2D eigenvalue weighted by Crippen LogP contribution is -2.37. The second kappa shape index (κ2) is 9.26. The zero-order valence-corrected chi connectivity index (χ0v) is 15.5. The van der Waals surface area contributed by atoms with Crippen molar-refractivity contribution in [2.45, 2.75) is 64.6 Å². The van der Waals surface area contributed by atoms with Gasteiger partial charge in [0, 0.05) is 5.92 Å². The average Bonchev–Trinajstić information content (AvgIpc) is 3.18. The topological polar surface area (TPSA) is 96.0 Å². The maximum atomic E-state index is 11.7. The van der Waals surface area contributed by atoms with E-state index in [2.05, 4.69) is 0 Å². The molecule has 4 aliphatic rings. The molecule has 4 fully saturated rings. The Bertz CT molecular complexity index is 532. The van der Waals surface area contributed by atoms with Crippen LogP contribution in [-0.2, 0) is 33.4 Å². The molecule has 2 saturated heterocycles. The molecule has 0 spiro atoms. The molecule has 4 rings (SSSR count). The van der Waals surface area contributed by atoms with Gasteiger partial charge in [0.15, 0.2) is 0 Å². The Balaban J connectivity index is 0.000000570. The molecule has 0 aromatic heterocycles. The van der Waals surface area contributed by atoms with Crippen molar-refractivity contribution in [3.05, 3.63) is 0 Å². The van der Waals surface area contributed by atoms with E-state index in [4.69, 9.17) is 19.0 Å². The van der Waals surface area contributed by atoms with Crippen LogP contribution in [0.25, 0.3) is 0 Å². The first-order valence-electron chi connectivity index (χ1n) is 9.48. The molecule has 0 aromatic rings. The fourth-order valence-electron chi connectivity index (χ4n) is 4.46. The lowest BCUT2D eigenvalue weighted by Gasteiger charge is -2.35. The minimum absolute atomic E-state index is 0.0132. The van der Waals surface area contributed by atoms with Crippen LogP contribution in [0.2, 0.25) is 0 Å². The summed E-state index contributed by atoms with van der Waals surface area (Å²) in [6.07, 6.45) is 4.73. The lowest BCUT2D eigenvalue weighted by atomic mass is 9.78. The molecule has 6 unspecified atom stereocenters. The highest BCUT2D eigenvalue weighted by atomic mass is 16.6. The van der Waals surface area contributed by atoms with Gasteiger partial charge in [-0.1, -0.05) is 13.8 Å². The molecule has 7 heteroatoms. The summed E-state index contributed by atoms with van der Waals surface area (Å²) in [5.41, 5.74) is 0. The number of ether oxygens (including phenoxy) is 3. The molecule has 2 saturated carbocycles. The van der Waals surface area contributed by atoms with E-state index in [1.54, 1.807) is 0 Å². The van der Waals surface area contributed by atoms with Crippen LogP contribution in [0.3, 0.4) is 0 Å². The van der Waals surface area contributed by atoms with Gasteiger partial charge in [0.25, 0.3) is 0 Å². The van der Waals surface area contributed by atoms with E-state index in [1.165, 1.54) is 0 Å². The lowest BCUT2D eigenvalue weighted by molar-refractivity contribution is -0.154. The van der Waals surface area contributed by atoms with Gasteiger partial charge >= 0.3 is 17.9 Å². The van der Waals surface area contributed by atoms with E-state index in [-0.39, 0.29) is 53.8 Å². The maximum Gasteiger partial charge on any atom is 0.317 e. The minimum Gasteiger partial charge on any atom is -0.465 e. The number of rotatable bonds is 2. The van der Waals surface area contributed by atoms with Crippen molar-refractivity contribution in [3.8, 4) is 0 Å². The van der Waals surface area contributed by atoms with E-state index in [0.717, 1.165) is 25.7 Å². The molecule has 146 valence electrons. The number of carbonyl (C=O) groups is 4. The summed E-state index contributed by atoms with van der Waals surface area (Å²) < 4.78 is 16.0. The molecule has 2 aliphatic carbocycles. The van der Waals surface area contributed by atoms with Crippen LogP contribution in [0.15, 0.2) is 0 Å². The van der Waals surface area contributed by atoms with Crippen LogP contribution in [0, 0.1) is 23.7 Å². The Hall–Kier alpha value is -1.76. The first-order chi connectivity index (χ1) is 12.6.